The lowest BCUT2D eigenvalue weighted by atomic mass is 9.95. The molecule has 0 spiro atoms. The summed E-state index contributed by atoms with van der Waals surface area (Å²) < 4.78 is 5.67. The Morgan fingerprint density at radius 2 is 1.59 bits per heavy atom. The van der Waals surface area contributed by atoms with Crippen LogP contribution in [0.15, 0.2) is 42.0 Å². The van der Waals surface area contributed by atoms with Crippen LogP contribution in [-0.4, -0.2) is 95.2 Å². The molecule has 2 aliphatic heterocycles. The number of nitrogens with one attached hydrogen (secondary N) is 1. The summed E-state index contributed by atoms with van der Waals surface area (Å²) in [6.45, 7) is 15.2. The fourth-order valence-corrected chi connectivity index (χ4v) is 6.40. The zero-order valence-corrected chi connectivity index (χ0v) is 28.0. The molecule has 0 radical (unpaired) electrons. The van der Waals surface area contributed by atoms with Crippen molar-refractivity contribution in [3.8, 4) is 5.75 Å². The van der Waals surface area contributed by atoms with Crippen LogP contribution in [0.1, 0.15) is 80.6 Å². The van der Waals surface area contributed by atoms with Crippen LogP contribution in [-0.2, 0) is 19.2 Å². The maximum atomic E-state index is 13.9. The second-order valence-corrected chi connectivity index (χ2v) is 13.3. The molecule has 3 amide bonds. The van der Waals surface area contributed by atoms with Gasteiger partial charge in [-0.25, -0.2) is 0 Å². The fourth-order valence-electron chi connectivity index (χ4n) is 6.40. The summed E-state index contributed by atoms with van der Waals surface area (Å²) in [6, 6.07) is 7.61. The Labute approximate surface area is 264 Å². The van der Waals surface area contributed by atoms with Crippen LogP contribution >= 0.6 is 0 Å². The Hall–Kier alpha value is -3.20. The summed E-state index contributed by atoms with van der Waals surface area (Å²) in [7, 11) is 1.74. The second kappa shape index (κ2) is 16.2. The number of hydrogen-bond acceptors (Lipinski definition) is 6. The van der Waals surface area contributed by atoms with E-state index >= 15 is 0 Å². The maximum absolute atomic E-state index is 13.9. The first-order chi connectivity index (χ1) is 20.8. The number of rotatable bonds is 13. The number of para-hydroxylation sites is 1. The molecule has 0 saturated carbocycles. The molecule has 44 heavy (non-hydrogen) atoms. The SMILES string of the molecule is CC(=C[C@H](C(C)C)N(C)C(=O)[C@@H](NC(=O)C1CCCCN1C(C)C)C(C)C)C(=O)N1CCC[C@H]1C(=O)COc1ccccc1. The molecule has 0 aromatic heterocycles. The van der Waals surface area contributed by atoms with E-state index in [0.29, 0.717) is 24.3 Å². The zero-order valence-electron chi connectivity index (χ0n) is 28.0. The third kappa shape index (κ3) is 8.93. The van der Waals surface area contributed by atoms with Crippen LogP contribution < -0.4 is 10.1 Å². The average Bonchev–Trinajstić information content (AvgIpc) is 3.50. The number of carbonyl (C=O) groups is 4. The molecule has 0 bridgehead atoms. The second-order valence-electron chi connectivity index (χ2n) is 13.3. The van der Waals surface area contributed by atoms with Crippen molar-refractivity contribution < 1.29 is 23.9 Å². The van der Waals surface area contributed by atoms with Crippen molar-refractivity contribution in [3.63, 3.8) is 0 Å². The number of benzene rings is 1. The van der Waals surface area contributed by atoms with Gasteiger partial charge in [0.25, 0.3) is 0 Å². The van der Waals surface area contributed by atoms with Gasteiger partial charge in [-0.05, 0) is 77.0 Å². The van der Waals surface area contributed by atoms with Crippen molar-refractivity contribution in [2.24, 2.45) is 11.8 Å². The number of piperidine rings is 1. The summed E-state index contributed by atoms with van der Waals surface area (Å²) in [5, 5.41) is 3.09. The molecule has 1 unspecified atom stereocenters. The number of Topliss-reactive ketones (excluding diaryl/α,β-unsaturated/α-hetero) is 1. The molecule has 1 aromatic carbocycles. The molecule has 1 aromatic rings. The van der Waals surface area contributed by atoms with Crippen molar-refractivity contribution in [2.45, 2.75) is 111 Å². The number of likely N-dealkylation sites (tertiary alicyclic amines) is 2. The molecule has 2 aliphatic rings. The number of likely N-dealkylation sites (N-methyl/N-ethyl adjacent to an activating group) is 1. The quantitative estimate of drug-likeness (QED) is 0.331. The average molecular weight is 611 g/mol. The van der Waals surface area contributed by atoms with Crippen molar-refractivity contribution >= 4 is 23.5 Å². The summed E-state index contributed by atoms with van der Waals surface area (Å²) in [6.07, 6.45) is 6.05. The van der Waals surface area contributed by atoms with Crippen LogP contribution in [0.4, 0.5) is 0 Å². The first-order valence-corrected chi connectivity index (χ1v) is 16.4. The van der Waals surface area contributed by atoms with Gasteiger partial charge in [-0.15, -0.1) is 0 Å². The predicted octanol–water partition coefficient (Wildman–Crippen LogP) is 4.46. The highest BCUT2D eigenvalue weighted by molar-refractivity contribution is 5.98. The summed E-state index contributed by atoms with van der Waals surface area (Å²) in [5.74, 6) is -0.0754. The normalized spacial score (nSPS) is 21.0. The highest BCUT2D eigenvalue weighted by Gasteiger charge is 2.37. The van der Waals surface area contributed by atoms with Crippen molar-refractivity contribution in [3.05, 3.63) is 42.0 Å². The first kappa shape index (κ1) is 35.3. The lowest BCUT2D eigenvalue weighted by Gasteiger charge is -2.39. The van der Waals surface area contributed by atoms with Gasteiger partial charge in [0.1, 0.15) is 18.4 Å². The fraction of sp³-hybridized carbons (Fsp3) is 0.657. The van der Waals surface area contributed by atoms with Gasteiger partial charge < -0.3 is 19.9 Å². The molecule has 3 rings (SSSR count). The topological polar surface area (TPSA) is 99.3 Å². The van der Waals surface area contributed by atoms with E-state index in [9.17, 15) is 19.2 Å². The minimum absolute atomic E-state index is 0.0141. The van der Waals surface area contributed by atoms with Crippen molar-refractivity contribution in [1.82, 2.24) is 20.0 Å². The lowest BCUT2D eigenvalue weighted by Crippen LogP contribution is -2.58. The minimum Gasteiger partial charge on any atom is -0.486 e. The van der Waals surface area contributed by atoms with E-state index in [1.54, 1.807) is 35.9 Å². The van der Waals surface area contributed by atoms with E-state index in [4.69, 9.17) is 4.74 Å². The number of carbonyl (C=O) groups excluding carboxylic acids is 4. The van der Waals surface area contributed by atoms with E-state index < -0.39 is 12.1 Å². The Kier molecular flexibility index (Phi) is 13.0. The van der Waals surface area contributed by atoms with Gasteiger partial charge in [-0.2, -0.15) is 0 Å². The molecule has 2 heterocycles. The van der Waals surface area contributed by atoms with E-state index in [2.05, 4.69) is 24.1 Å². The molecule has 2 fully saturated rings. The molecule has 1 N–H and O–H groups in total. The highest BCUT2D eigenvalue weighted by atomic mass is 16.5. The number of ketones is 1. The Balaban J connectivity index is 1.71. The van der Waals surface area contributed by atoms with Crippen LogP contribution in [0.5, 0.6) is 5.75 Å². The number of amides is 3. The van der Waals surface area contributed by atoms with E-state index in [-0.39, 0.29) is 60.1 Å². The van der Waals surface area contributed by atoms with Crippen molar-refractivity contribution in [1.29, 1.82) is 0 Å². The molecule has 9 nitrogen and oxygen atoms in total. The summed E-state index contributed by atoms with van der Waals surface area (Å²) in [5.41, 5.74) is 0.493. The Morgan fingerprint density at radius 1 is 0.932 bits per heavy atom. The minimum atomic E-state index is -0.681. The summed E-state index contributed by atoms with van der Waals surface area (Å²) >= 11 is 0. The van der Waals surface area contributed by atoms with Crippen molar-refractivity contribution in [2.75, 3.05) is 26.7 Å². The summed E-state index contributed by atoms with van der Waals surface area (Å²) in [4.78, 5) is 59.6. The van der Waals surface area contributed by atoms with E-state index in [0.717, 1.165) is 32.2 Å². The molecule has 4 atom stereocenters. The van der Waals surface area contributed by atoms with Gasteiger partial charge in [0.15, 0.2) is 5.78 Å². The molecule has 244 valence electrons. The third-order valence-electron chi connectivity index (χ3n) is 8.99. The lowest BCUT2D eigenvalue weighted by molar-refractivity contribution is -0.140. The molecular weight excluding hydrogens is 556 g/mol. The van der Waals surface area contributed by atoms with Gasteiger partial charge in [-0.3, -0.25) is 24.1 Å². The van der Waals surface area contributed by atoms with Crippen LogP contribution in [0.2, 0.25) is 0 Å². The monoisotopic (exact) mass is 610 g/mol. The molecular formula is C35H54N4O5. The molecule has 9 heteroatoms. The predicted molar refractivity (Wildman–Crippen MR) is 173 cm³/mol. The molecule has 0 aliphatic carbocycles. The van der Waals surface area contributed by atoms with Gasteiger partial charge in [0.2, 0.25) is 17.7 Å². The van der Waals surface area contributed by atoms with Crippen LogP contribution in [0.25, 0.3) is 0 Å². The first-order valence-electron chi connectivity index (χ1n) is 16.4. The van der Waals surface area contributed by atoms with Gasteiger partial charge in [-0.1, -0.05) is 58.4 Å². The van der Waals surface area contributed by atoms with Gasteiger partial charge in [0, 0.05) is 25.2 Å². The number of ether oxygens (including phenoxy) is 1. The van der Waals surface area contributed by atoms with Crippen LogP contribution in [0, 0.1) is 11.8 Å². The van der Waals surface area contributed by atoms with Crippen LogP contribution in [0.3, 0.4) is 0 Å². The zero-order chi connectivity index (χ0) is 32.6. The maximum Gasteiger partial charge on any atom is 0.249 e. The van der Waals surface area contributed by atoms with Gasteiger partial charge in [0.05, 0.1) is 18.1 Å². The molecule has 2 saturated heterocycles. The smallest absolute Gasteiger partial charge is 0.249 e. The number of nitrogens with zero attached hydrogens (tertiary/aromatic N) is 3. The number of hydrogen-bond donors (Lipinski definition) is 1. The standard InChI is InChI=1S/C35H54N4O5/c1-23(2)30(37(8)35(43)32(24(3)4)36-33(41)29-17-12-13-19-38(29)25(5)6)21-26(7)34(42)39-20-14-18-28(39)31(40)22-44-27-15-10-9-11-16-27/h9-11,15-16,21,23-25,28-30,32H,12-14,17-20,22H2,1-8H3,(H,36,41)/t28-,29?,30+,32-/m0/s1. The van der Waals surface area contributed by atoms with E-state index in [1.165, 1.54) is 0 Å². The highest BCUT2D eigenvalue weighted by Crippen LogP contribution is 2.24. The Morgan fingerprint density at radius 3 is 2.20 bits per heavy atom. The van der Waals surface area contributed by atoms with Gasteiger partial charge >= 0.3 is 0 Å². The Bertz CT molecular complexity index is 1160. The van der Waals surface area contributed by atoms with E-state index in [1.807, 2.05) is 52.0 Å². The largest absolute Gasteiger partial charge is 0.486 e. The third-order valence-corrected chi connectivity index (χ3v) is 8.99.